The average molecular weight is 348 g/mol. The maximum Gasteiger partial charge on any atom is 0.211 e. The predicted molar refractivity (Wildman–Crippen MR) is 92.0 cm³/mol. The van der Waals surface area contributed by atoms with Gasteiger partial charge in [-0.25, -0.2) is 18.1 Å². The van der Waals surface area contributed by atoms with Gasteiger partial charge in [-0.15, -0.1) is 11.3 Å². The molecule has 0 unspecified atom stereocenters. The zero-order valence-electron chi connectivity index (χ0n) is 13.3. The van der Waals surface area contributed by atoms with Gasteiger partial charge in [0.15, 0.2) is 5.96 Å². The number of nitrogens with zero attached hydrogens (tertiary/aromatic N) is 2. The monoisotopic (exact) mass is 347 g/mol. The van der Waals surface area contributed by atoms with E-state index in [0.29, 0.717) is 25.5 Å². The molecular formula is C13H25N5O2S2. The molecule has 0 saturated carbocycles. The van der Waals surface area contributed by atoms with Crippen LogP contribution in [-0.4, -0.2) is 51.8 Å². The smallest absolute Gasteiger partial charge is 0.211 e. The molecule has 1 aromatic heterocycles. The van der Waals surface area contributed by atoms with E-state index in [1.807, 2.05) is 13.1 Å². The van der Waals surface area contributed by atoms with Crippen molar-refractivity contribution in [2.75, 3.05) is 32.4 Å². The van der Waals surface area contributed by atoms with E-state index in [1.165, 1.54) is 4.88 Å². The van der Waals surface area contributed by atoms with Crippen molar-refractivity contribution in [2.24, 2.45) is 4.99 Å². The molecule has 0 aliphatic rings. The lowest BCUT2D eigenvalue weighted by molar-refractivity contribution is 0.579. The Kier molecular flexibility index (Phi) is 8.36. The maximum atomic E-state index is 11.3. The highest BCUT2D eigenvalue weighted by Gasteiger charge is 2.04. The second kappa shape index (κ2) is 9.75. The maximum absolute atomic E-state index is 11.3. The summed E-state index contributed by atoms with van der Waals surface area (Å²) >= 11 is 1.70. The quantitative estimate of drug-likeness (QED) is 0.343. The molecule has 0 saturated heterocycles. The normalized spacial score (nSPS) is 12.4. The van der Waals surface area contributed by atoms with Gasteiger partial charge in [0, 0.05) is 44.2 Å². The van der Waals surface area contributed by atoms with Crippen LogP contribution in [0.1, 0.15) is 23.2 Å². The fourth-order valence-corrected chi connectivity index (χ4v) is 3.10. The van der Waals surface area contributed by atoms with Gasteiger partial charge in [0.05, 0.1) is 10.8 Å². The number of rotatable bonds is 9. The van der Waals surface area contributed by atoms with Crippen LogP contribution in [-0.2, 0) is 16.4 Å². The molecule has 126 valence electrons. The summed E-state index contributed by atoms with van der Waals surface area (Å²) in [7, 11) is -1.39. The highest BCUT2D eigenvalue weighted by Crippen LogP contribution is 2.10. The third-order valence-corrected chi connectivity index (χ3v) is 5.25. The summed E-state index contributed by atoms with van der Waals surface area (Å²) in [4.78, 5) is 9.65. The molecule has 0 aliphatic heterocycles. The second-order valence-corrected chi connectivity index (χ2v) is 8.11. The zero-order chi connectivity index (χ0) is 16.4. The van der Waals surface area contributed by atoms with Crippen LogP contribution in [0.25, 0.3) is 0 Å². The lowest BCUT2D eigenvalue weighted by atomic mass is 10.4. The van der Waals surface area contributed by atoms with Gasteiger partial charge in [-0.05, 0) is 20.3 Å². The molecule has 0 radical (unpaired) electrons. The minimum atomic E-state index is -3.10. The van der Waals surface area contributed by atoms with Crippen LogP contribution in [0.2, 0.25) is 0 Å². The molecule has 0 amide bonds. The molecule has 7 nitrogen and oxygen atoms in total. The molecule has 0 spiro atoms. The van der Waals surface area contributed by atoms with E-state index in [1.54, 1.807) is 25.3 Å². The Labute approximate surface area is 136 Å². The predicted octanol–water partition coefficient (Wildman–Crippen LogP) is 0.488. The minimum absolute atomic E-state index is 0.111. The standard InChI is InChI=1S/C13H25N5O2S2/c1-4-22(19,20)18-8-5-7-15-13(14-3)16-9-6-12-17-10-11(2)21-12/h10,18H,4-9H2,1-3H3,(H2,14,15,16). The highest BCUT2D eigenvalue weighted by molar-refractivity contribution is 7.89. The third-order valence-electron chi connectivity index (χ3n) is 2.87. The van der Waals surface area contributed by atoms with E-state index in [4.69, 9.17) is 0 Å². The molecule has 0 aliphatic carbocycles. The van der Waals surface area contributed by atoms with Crippen molar-refractivity contribution in [1.29, 1.82) is 0 Å². The Balaban J connectivity index is 2.15. The van der Waals surface area contributed by atoms with Crippen LogP contribution in [0.5, 0.6) is 0 Å². The van der Waals surface area contributed by atoms with Crippen LogP contribution >= 0.6 is 11.3 Å². The van der Waals surface area contributed by atoms with Crippen LogP contribution in [0, 0.1) is 6.92 Å². The van der Waals surface area contributed by atoms with Gasteiger partial charge in [0.2, 0.25) is 10.0 Å². The zero-order valence-corrected chi connectivity index (χ0v) is 15.0. The second-order valence-electron chi connectivity index (χ2n) is 4.69. The summed E-state index contributed by atoms with van der Waals surface area (Å²) in [5.41, 5.74) is 0. The molecular weight excluding hydrogens is 322 g/mol. The molecule has 0 fully saturated rings. The van der Waals surface area contributed by atoms with Gasteiger partial charge in [0.1, 0.15) is 0 Å². The highest BCUT2D eigenvalue weighted by atomic mass is 32.2. The molecule has 3 N–H and O–H groups in total. The van der Waals surface area contributed by atoms with Crippen molar-refractivity contribution in [2.45, 2.75) is 26.7 Å². The first-order chi connectivity index (χ1) is 10.5. The molecule has 22 heavy (non-hydrogen) atoms. The first-order valence-corrected chi connectivity index (χ1v) is 9.77. The van der Waals surface area contributed by atoms with Crippen molar-refractivity contribution in [3.05, 3.63) is 16.1 Å². The molecule has 1 rings (SSSR count). The minimum Gasteiger partial charge on any atom is -0.356 e. The van der Waals surface area contributed by atoms with E-state index in [9.17, 15) is 8.42 Å². The van der Waals surface area contributed by atoms with E-state index in [0.717, 1.165) is 18.0 Å². The van der Waals surface area contributed by atoms with E-state index in [2.05, 4.69) is 25.3 Å². The number of thiazole rings is 1. The van der Waals surface area contributed by atoms with E-state index >= 15 is 0 Å². The Morgan fingerprint density at radius 1 is 1.32 bits per heavy atom. The summed E-state index contributed by atoms with van der Waals surface area (Å²) in [6.07, 6.45) is 3.44. The summed E-state index contributed by atoms with van der Waals surface area (Å²) in [5.74, 6) is 0.825. The topological polar surface area (TPSA) is 95.5 Å². The fraction of sp³-hybridized carbons (Fsp3) is 0.692. The lowest BCUT2D eigenvalue weighted by Gasteiger charge is -2.11. The first kappa shape index (κ1) is 18.9. The van der Waals surface area contributed by atoms with Crippen molar-refractivity contribution in [3.63, 3.8) is 0 Å². The Morgan fingerprint density at radius 2 is 2.05 bits per heavy atom. The summed E-state index contributed by atoms with van der Waals surface area (Å²) in [6, 6.07) is 0. The van der Waals surface area contributed by atoms with Crippen LogP contribution in [0.4, 0.5) is 0 Å². The number of hydrogen-bond acceptors (Lipinski definition) is 5. The largest absolute Gasteiger partial charge is 0.356 e. The van der Waals surface area contributed by atoms with Gasteiger partial charge < -0.3 is 10.6 Å². The molecule has 1 heterocycles. The van der Waals surface area contributed by atoms with Crippen molar-refractivity contribution >= 4 is 27.3 Å². The SMILES string of the molecule is CCS(=O)(=O)NCCCNC(=NC)NCCc1ncc(C)s1. The molecule has 1 aromatic rings. The van der Waals surface area contributed by atoms with E-state index < -0.39 is 10.0 Å². The molecule has 9 heteroatoms. The van der Waals surface area contributed by atoms with Gasteiger partial charge in [-0.3, -0.25) is 4.99 Å². The number of nitrogens with one attached hydrogen (secondary N) is 3. The summed E-state index contributed by atoms with van der Waals surface area (Å²) < 4.78 is 25.0. The van der Waals surface area contributed by atoms with Crippen molar-refractivity contribution < 1.29 is 8.42 Å². The number of aliphatic imine (C=N–C) groups is 1. The van der Waals surface area contributed by atoms with Gasteiger partial charge in [-0.2, -0.15) is 0 Å². The van der Waals surface area contributed by atoms with Crippen LogP contribution < -0.4 is 15.4 Å². The molecule has 0 bridgehead atoms. The number of aryl methyl sites for hydroxylation is 1. The average Bonchev–Trinajstić information content (AvgIpc) is 2.90. The van der Waals surface area contributed by atoms with Gasteiger partial charge in [-0.1, -0.05) is 0 Å². The Morgan fingerprint density at radius 3 is 2.64 bits per heavy atom. The Bertz CT molecular complexity index is 569. The third kappa shape index (κ3) is 7.71. The Hall–Kier alpha value is -1.19. The number of hydrogen-bond donors (Lipinski definition) is 3. The summed E-state index contributed by atoms with van der Waals surface area (Å²) in [6.45, 7) is 5.51. The van der Waals surface area contributed by atoms with Gasteiger partial charge >= 0.3 is 0 Å². The lowest BCUT2D eigenvalue weighted by Crippen LogP contribution is -2.39. The summed E-state index contributed by atoms with van der Waals surface area (Å²) in [5, 5.41) is 7.47. The van der Waals surface area contributed by atoms with Crippen LogP contribution in [0.3, 0.4) is 0 Å². The van der Waals surface area contributed by atoms with Crippen molar-refractivity contribution in [1.82, 2.24) is 20.3 Å². The number of aromatic nitrogens is 1. The van der Waals surface area contributed by atoms with Gasteiger partial charge in [0.25, 0.3) is 0 Å². The fourth-order valence-electron chi connectivity index (χ4n) is 1.65. The van der Waals surface area contributed by atoms with Crippen LogP contribution in [0.15, 0.2) is 11.2 Å². The first-order valence-electron chi connectivity index (χ1n) is 7.30. The molecule has 0 aromatic carbocycles. The molecule has 0 atom stereocenters. The number of guanidine groups is 1. The van der Waals surface area contributed by atoms with E-state index in [-0.39, 0.29) is 5.75 Å². The van der Waals surface area contributed by atoms with Crippen molar-refractivity contribution in [3.8, 4) is 0 Å². The number of sulfonamides is 1.